The molecule has 90 valence electrons. The van der Waals surface area contributed by atoms with Crippen molar-refractivity contribution in [2.45, 2.75) is 26.8 Å². The van der Waals surface area contributed by atoms with E-state index in [2.05, 4.69) is 20.8 Å². The molecular formula is C9H17N5OS. The van der Waals surface area contributed by atoms with Crippen molar-refractivity contribution >= 4 is 17.7 Å². The van der Waals surface area contributed by atoms with Gasteiger partial charge in [0.25, 0.3) is 0 Å². The van der Waals surface area contributed by atoms with E-state index in [4.69, 9.17) is 0 Å². The highest BCUT2D eigenvalue weighted by Crippen LogP contribution is 2.03. The Labute approximate surface area is 99.2 Å². The van der Waals surface area contributed by atoms with Crippen molar-refractivity contribution in [2.75, 3.05) is 18.1 Å². The zero-order chi connectivity index (χ0) is 11.8. The number of hydrogen-bond acceptors (Lipinski definition) is 5. The van der Waals surface area contributed by atoms with Crippen molar-refractivity contribution in [1.82, 2.24) is 25.5 Å². The molecule has 0 aromatic carbocycles. The third-order valence-corrected chi connectivity index (χ3v) is 2.94. The first-order valence-electron chi connectivity index (χ1n) is 5.37. The van der Waals surface area contributed by atoms with Crippen LogP contribution in [-0.2, 0) is 17.8 Å². The first-order valence-corrected chi connectivity index (χ1v) is 6.52. The van der Waals surface area contributed by atoms with E-state index >= 15 is 0 Å². The second kappa shape index (κ2) is 7.21. The van der Waals surface area contributed by atoms with Gasteiger partial charge >= 0.3 is 0 Å². The molecule has 7 heteroatoms. The zero-order valence-corrected chi connectivity index (χ0v) is 10.5. The number of nitrogens with zero attached hydrogens (tertiary/aromatic N) is 4. The lowest BCUT2D eigenvalue weighted by Crippen LogP contribution is -2.24. The number of aromatic nitrogens is 4. The Bertz CT molecular complexity index is 327. The minimum atomic E-state index is 0.0857. The maximum atomic E-state index is 11.2. The summed E-state index contributed by atoms with van der Waals surface area (Å²) in [6.07, 6.45) is 0.797. The average Bonchev–Trinajstić information content (AvgIpc) is 2.72. The largest absolute Gasteiger partial charge is 0.356 e. The van der Waals surface area contributed by atoms with Gasteiger partial charge in [0.1, 0.15) is 0 Å². The van der Waals surface area contributed by atoms with E-state index in [1.54, 1.807) is 16.4 Å². The number of rotatable bonds is 7. The molecular weight excluding hydrogens is 226 g/mol. The summed E-state index contributed by atoms with van der Waals surface area (Å²) in [6, 6.07) is 0. The predicted octanol–water partition coefficient (Wildman–Crippen LogP) is 0.105. The molecule has 1 N–H and O–H groups in total. The van der Waals surface area contributed by atoms with Crippen molar-refractivity contribution in [2.24, 2.45) is 0 Å². The number of thioether (sulfide) groups is 1. The van der Waals surface area contributed by atoms with E-state index in [-0.39, 0.29) is 5.91 Å². The van der Waals surface area contributed by atoms with Crippen LogP contribution in [-0.4, -0.2) is 44.2 Å². The molecule has 0 spiro atoms. The lowest BCUT2D eigenvalue weighted by atomic mass is 10.4. The van der Waals surface area contributed by atoms with Crippen molar-refractivity contribution in [3.8, 4) is 0 Å². The van der Waals surface area contributed by atoms with Crippen LogP contribution in [0.5, 0.6) is 0 Å². The van der Waals surface area contributed by atoms with Gasteiger partial charge < -0.3 is 5.32 Å². The van der Waals surface area contributed by atoms with Gasteiger partial charge in [-0.05, 0) is 24.3 Å². The number of nitrogens with one attached hydrogen (secondary N) is 1. The van der Waals surface area contributed by atoms with E-state index in [0.717, 1.165) is 24.5 Å². The van der Waals surface area contributed by atoms with Gasteiger partial charge in [0.2, 0.25) is 5.91 Å². The van der Waals surface area contributed by atoms with Gasteiger partial charge in [-0.1, -0.05) is 0 Å². The van der Waals surface area contributed by atoms with Gasteiger partial charge in [0.15, 0.2) is 5.82 Å². The molecule has 16 heavy (non-hydrogen) atoms. The number of carbonyl (C=O) groups excluding carboxylic acids is 1. The van der Waals surface area contributed by atoms with Crippen LogP contribution in [0.2, 0.25) is 0 Å². The first kappa shape index (κ1) is 13.0. The summed E-state index contributed by atoms with van der Waals surface area (Å²) in [5.41, 5.74) is 0. The highest BCUT2D eigenvalue weighted by molar-refractivity contribution is 7.99. The zero-order valence-electron chi connectivity index (χ0n) is 9.64. The lowest BCUT2D eigenvalue weighted by Gasteiger charge is -2.02. The van der Waals surface area contributed by atoms with Crippen LogP contribution in [0, 0.1) is 0 Å². The molecule has 1 aromatic heterocycles. The maximum absolute atomic E-state index is 11.2. The van der Waals surface area contributed by atoms with E-state index < -0.39 is 0 Å². The number of tetrazole rings is 1. The van der Waals surface area contributed by atoms with Crippen LogP contribution >= 0.6 is 11.8 Å². The van der Waals surface area contributed by atoms with Gasteiger partial charge in [-0.25, -0.2) is 4.68 Å². The van der Waals surface area contributed by atoms with E-state index in [0.29, 0.717) is 12.3 Å². The molecule has 1 aromatic rings. The predicted molar refractivity (Wildman–Crippen MR) is 63.2 cm³/mol. The molecule has 6 nitrogen and oxygen atoms in total. The molecule has 1 amide bonds. The van der Waals surface area contributed by atoms with Crippen LogP contribution in [0.25, 0.3) is 0 Å². The molecule has 0 bridgehead atoms. The van der Waals surface area contributed by atoms with E-state index in [9.17, 15) is 4.79 Å². The molecule has 0 atom stereocenters. The molecule has 1 rings (SSSR count). The third-order valence-electron chi connectivity index (χ3n) is 1.98. The monoisotopic (exact) mass is 243 g/mol. The highest BCUT2D eigenvalue weighted by atomic mass is 32.2. The summed E-state index contributed by atoms with van der Waals surface area (Å²) < 4.78 is 1.77. The molecule has 0 unspecified atom stereocenters. The summed E-state index contributed by atoms with van der Waals surface area (Å²) in [5.74, 6) is 2.33. The van der Waals surface area contributed by atoms with Gasteiger partial charge in [0.05, 0.1) is 5.75 Å². The van der Waals surface area contributed by atoms with Gasteiger partial charge in [-0.3, -0.25) is 4.79 Å². The molecule has 0 aliphatic rings. The summed E-state index contributed by atoms with van der Waals surface area (Å²) in [4.78, 5) is 11.2. The Balaban J connectivity index is 2.18. The number of hydrogen-bond donors (Lipinski definition) is 1. The Morgan fingerprint density at radius 2 is 2.31 bits per heavy atom. The van der Waals surface area contributed by atoms with Crippen molar-refractivity contribution in [3.05, 3.63) is 5.82 Å². The number of amides is 1. The van der Waals surface area contributed by atoms with Crippen molar-refractivity contribution < 1.29 is 4.79 Å². The molecule has 0 fully saturated rings. The summed E-state index contributed by atoms with van der Waals surface area (Å²) in [5, 5.41) is 14.1. The minimum Gasteiger partial charge on any atom is -0.356 e. The Kier molecular flexibility index (Phi) is 5.84. The average molecular weight is 243 g/mol. The molecule has 1 heterocycles. The maximum Gasteiger partial charge on any atom is 0.229 e. The third kappa shape index (κ3) is 4.18. The summed E-state index contributed by atoms with van der Waals surface area (Å²) >= 11 is 1.60. The van der Waals surface area contributed by atoms with Gasteiger partial charge in [-0.15, -0.1) is 5.10 Å². The first-order chi connectivity index (χ1) is 7.77. The van der Waals surface area contributed by atoms with Crippen LogP contribution < -0.4 is 5.32 Å². The molecule has 0 saturated heterocycles. The fraction of sp³-hybridized carbons (Fsp3) is 0.778. The molecule has 0 aliphatic carbocycles. The SMILES string of the molecule is CCNC(=O)CSCCc1nnnn1CC. The van der Waals surface area contributed by atoms with E-state index in [1.165, 1.54) is 0 Å². The topological polar surface area (TPSA) is 72.7 Å². The smallest absolute Gasteiger partial charge is 0.229 e. The summed E-state index contributed by atoms with van der Waals surface area (Å²) in [7, 11) is 0. The lowest BCUT2D eigenvalue weighted by molar-refractivity contribution is -0.118. The van der Waals surface area contributed by atoms with Crippen molar-refractivity contribution in [3.63, 3.8) is 0 Å². The second-order valence-electron chi connectivity index (χ2n) is 3.17. The molecule has 0 aliphatic heterocycles. The van der Waals surface area contributed by atoms with Gasteiger partial charge in [0, 0.05) is 25.3 Å². The molecule has 0 radical (unpaired) electrons. The van der Waals surface area contributed by atoms with Crippen LogP contribution in [0.3, 0.4) is 0 Å². The van der Waals surface area contributed by atoms with Crippen LogP contribution in [0.4, 0.5) is 0 Å². The Hall–Kier alpha value is -1.11. The van der Waals surface area contributed by atoms with E-state index in [1.807, 2.05) is 13.8 Å². The van der Waals surface area contributed by atoms with Crippen LogP contribution in [0.1, 0.15) is 19.7 Å². The van der Waals surface area contributed by atoms with Gasteiger partial charge in [-0.2, -0.15) is 11.8 Å². The Morgan fingerprint density at radius 1 is 1.50 bits per heavy atom. The van der Waals surface area contributed by atoms with Crippen LogP contribution in [0.15, 0.2) is 0 Å². The fourth-order valence-corrected chi connectivity index (χ4v) is 1.98. The Morgan fingerprint density at radius 3 is 3.00 bits per heavy atom. The standard InChI is InChI=1S/C9H17N5OS/c1-3-10-9(15)7-16-6-5-8-11-12-13-14(8)4-2/h3-7H2,1-2H3,(H,10,15). The van der Waals surface area contributed by atoms with Crippen molar-refractivity contribution in [1.29, 1.82) is 0 Å². The highest BCUT2D eigenvalue weighted by Gasteiger charge is 2.05. The molecule has 0 saturated carbocycles. The number of carbonyl (C=O) groups is 1. The number of aryl methyl sites for hydroxylation is 2. The normalized spacial score (nSPS) is 10.4. The fourth-order valence-electron chi connectivity index (χ4n) is 1.22. The quantitative estimate of drug-likeness (QED) is 0.688. The summed E-state index contributed by atoms with van der Waals surface area (Å²) in [6.45, 7) is 5.39. The minimum absolute atomic E-state index is 0.0857. The second-order valence-corrected chi connectivity index (χ2v) is 4.27.